The molecule has 0 radical (unpaired) electrons. The Morgan fingerprint density at radius 3 is 2.75 bits per heavy atom. The smallest absolute Gasteiger partial charge is 0.305 e. The largest absolute Gasteiger partial charge is 0.469 e. The quantitative estimate of drug-likeness (QED) is 0.527. The highest BCUT2D eigenvalue weighted by atomic mass is 16.5. The molecule has 2 heteroatoms. The van der Waals surface area contributed by atoms with Gasteiger partial charge in [-0.05, 0) is 37.0 Å². The number of esters is 1. The van der Waals surface area contributed by atoms with E-state index in [1.807, 2.05) is 0 Å². The molecule has 1 aliphatic rings. The predicted octanol–water partition coefficient (Wildman–Crippen LogP) is 3.57. The number of carbonyl (C=O) groups excluding carboxylic acids is 1. The summed E-state index contributed by atoms with van der Waals surface area (Å²) in [5, 5.41) is 0. The van der Waals surface area contributed by atoms with Crippen LogP contribution >= 0.6 is 0 Å². The Labute approximate surface area is 99.1 Å². The van der Waals surface area contributed by atoms with Crippen LogP contribution in [0.3, 0.4) is 0 Å². The summed E-state index contributed by atoms with van der Waals surface area (Å²) in [7, 11) is 1.48. The molecule has 0 saturated heterocycles. The van der Waals surface area contributed by atoms with Gasteiger partial charge >= 0.3 is 5.97 Å². The average molecular weight is 224 g/mol. The summed E-state index contributed by atoms with van der Waals surface area (Å²) in [6.45, 7) is 4.46. The highest BCUT2D eigenvalue weighted by molar-refractivity contribution is 5.69. The molecule has 0 N–H and O–H groups in total. The fraction of sp³-hybridized carbons (Fsp3) is 0.786. The average Bonchev–Trinajstić information content (AvgIpc) is 2.61. The van der Waals surface area contributed by atoms with Crippen LogP contribution in [0.4, 0.5) is 0 Å². The van der Waals surface area contributed by atoms with Crippen LogP contribution in [-0.4, -0.2) is 13.1 Å². The first-order valence-electron chi connectivity index (χ1n) is 6.40. The summed E-state index contributed by atoms with van der Waals surface area (Å²) >= 11 is 0. The van der Waals surface area contributed by atoms with E-state index in [0.29, 0.717) is 18.3 Å². The summed E-state index contributed by atoms with van der Waals surface area (Å²) in [6, 6.07) is 0. The normalized spacial score (nSPS) is 29.8. The molecule has 2 nitrogen and oxygen atoms in total. The van der Waals surface area contributed by atoms with Gasteiger partial charge in [-0.3, -0.25) is 4.79 Å². The Hall–Kier alpha value is -0.790. The first kappa shape index (κ1) is 13.3. The van der Waals surface area contributed by atoms with Gasteiger partial charge in [-0.1, -0.05) is 32.4 Å². The summed E-state index contributed by atoms with van der Waals surface area (Å²) in [5.74, 6) is 1.89. The van der Waals surface area contributed by atoms with Crippen LogP contribution in [0.2, 0.25) is 0 Å². The van der Waals surface area contributed by atoms with E-state index in [1.54, 1.807) is 0 Å². The van der Waals surface area contributed by atoms with Crippen LogP contribution in [0.5, 0.6) is 0 Å². The van der Waals surface area contributed by atoms with E-state index >= 15 is 0 Å². The van der Waals surface area contributed by atoms with Gasteiger partial charge in [-0.25, -0.2) is 0 Å². The number of ether oxygens (including phenoxy) is 1. The van der Waals surface area contributed by atoms with Crippen molar-refractivity contribution in [3.8, 4) is 0 Å². The van der Waals surface area contributed by atoms with E-state index in [1.165, 1.54) is 20.0 Å². The van der Waals surface area contributed by atoms with E-state index in [2.05, 4.69) is 26.0 Å². The van der Waals surface area contributed by atoms with Crippen molar-refractivity contribution in [2.75, 3.05) is 7.11 Å². The molecule has 3 atom stereocenters. The highest BCUT2D eigenvalue weighted by Crippen LogP contribution is 2.41. The standard InChI is InChI=1S/C14H24O2/c1-4-5-6-7-13-11(2)8-9-12(13)10-14(15)16-3/h5-6,11-13H,4,7-10H2,1-3H3. The first-order chi connectivity index (χ1) is 7.69. The number of hydrogen-bond acceptors (Lipinski definition) is 2. The number of methoxy groups -OCH3 is 1. The molecule has 1 fully saturated rings. The van der Waals surface area contributed by atoms with Crippen LogP contribution < -0.4 is 0 Å². The fourth-order valence-corrected chi connectivity index (χ4v) is 2.77. The third kappa shape index (κ3) is 3.66. The second-order valence-corrected chi connectivity index (χ2v) is 4.87. The summed E-state index contributed by atoms with van der Waals surface area (Å²) in [6.07, 6.45) is 9.76. The molecular weight excluding hydrogens is 200 g/mol. The Morgan fingerprint density at radius 2 is 2.12 bits per heavy atom. The van der Waals surface area contributed by atoms with Gasteiger partial charge in [0, 0.05) is 6.42 Å². The number of carbonyl (C=O) groups is 1. The van der Waals surface area contributed by atoms with Gasteiger partial charge < -0.3 is 4.74 Å². The zero-order chi connectivity index (χ0) is 12.0. The molecule has 0 aromatic heterocycles. The Bertz CT molecular complexity index is 245. The molecule has 0 amide bonds. The molecule has 3 unspecified atom stereocenters. The maximum atomic E-state index is 11.3. The number of rotatable bonds is 5. The number of hydrogen-bond donors (Lipinski definition) is 0. The summed E-state index contributed by atoms with van der Waals surface area (Å²) in [4.78, 5) is 11.3. The third-order valence-electron chi connectivity index (χ3n) is 3.80. The van der Waals surface area contributed by atoms with E-state index in [-0.39, 0.29) is 5.97 Å². The van der Waals surface area contributed by atoms with Gasteiger partial charge in [0.15, 0.2) is 0 Å². The van der Waals surface area contributed by atoms with Crippen molar-refractivity contribution in [1.29, 1.82) is 0 Å². The van der Waals surface area contributed by atoms with Crippen LogP contribution in [0.25, 0.3) is 0 Å². The van der Waals surface area contributed by atoms with Crippen LogP contribution in [0.15, 0.2) is 12.2 Å². The van der Waals surface area contributed by atoms with E-state index in [9.17, 15) is 4.79 Å². The molecular formula is C14H24O2. The maximum Gasteiger partial charge on any atom is 0.305 e. The van der Waals surface area contributed by atoms with Gasteiger partial charge in [0.25, 0.3) is 0 Å². The summed E-state index contributed by atoms with van der Waals surface area (Å²) in [5.41, 5.74) is 0. The second kappa shape index (κ2) is 6.72. The zero-order valence-electron chi connectivity index (χ0n) is 10.7. The van der Waals surface area contributed by atoms with E-state index in [4.69, 9.17) is 4.74 Å². The van der Waals surface area contributed by atoms with Crippen molar-refractivity contribution < 1.29 is 9.53 Å². The molecule has 0 spiro atoms. The molecule has 0 bridgehead atoms. The predicted molar refractivity (Wildman–Crippen MR) is 66.1 cm³/mol. The molecule has 0 aromatic carbocycles. The topological polar surface area (TPSA) is 26.3 Å². The van der Waals surface area contributed by atoms with Crippen molar-refractivity contribution in [3.05, 3.63) is 12.2 Å². The highest BCUT2D eigenvalue weighted by Gasteiger charge is 2.33. The minimum Gasteiger partial charge on any atom is -0.469 e. The van der Waals surface area contributed by atoms with Crippen LogP contribution in [-0.2, 0) is 9.53 Å². The molecule has 0 heterocycles. The zero-order valence-corrected chi connectivity index (χ0v) is 10.7. The van der Waals surface area contributed by atoms with Crippen molar-refractivity contribution >= 4 is 5.97 Å². The third-order valence-corrected chi connectivity index (χ3v) is 3.80. The Balaban J connectivity index is 2.48. The molecule has 1 saturated carbocycles. The van der Waals surface area contributed by atoms with Crippen molar-refractivity contribution in [3.63, 3.8) is 0 Å². The van der Waals surface area contributed by atoms with Gasteiger partial charge in [0.05, 0.1) is 7.11 Å². The maximum absolute atomic E-state index is 11.3. The van der Waals surface area contributed by atoms with Crippen LogP contribution in [0, 0.1) is 17.8 Å². The first-order valence-corrected chi connectivity index (χ1v) is 6.40. The lowest BCUT2D eigenvalue weighted by Gasteiger charge is -2.20. The molecule has 1 rings (SSSR count). The SMILES string of the molecule is CCC=CCC1C(C)CCC1CC(=O)OC. The Morgan fingerprint density at radius 1 is 1.38 bits per heavy atom. The molecule has 16 heavy (non-hydrogen) atoms. The fourth-order valence-electron chi connectivity index (χ4n) is 2.77. The van der Waals surface area contributed by atoms with E-state index in [0.717, 1.165) is 18.8 Å². The molecule has 92 valence electrons. The second-order valence-electron chi connectivity index (χ2n) is 4.87. The number of allylic oxidation sites excluding steroid dienone is 2. The summed E-state index contributed by atoms with van der Waals surface area (Å²) < 4.78 is 4.76. The molecule has 0 aromatic rings. The lowest BCUT2D eigenvalue weighted by atomic mass is 9.85. The van der Waals surface area contributed by atoms with Crippen molar-refractivity contribution in [1.82, 2.24) is 0 Å². The minimum absolute atomic E-state index is 0.0522. The molecule has 1 aliphatic carbocycles. The lowest BCUT2D eigenvalue weighted by Crippen LogP contribution is -2.17. The van der Waals surface area contributed by atoms with Gasteiger partial charge in [0.2, 0.25) is 0 Å². The van der Waals surface area contributed by atoms with E-state index < -0.39 is 0 Å². The lowest BCUT2D eigenvalue weighted by molar-refractivity contribution is -0.142. The van der Waals surface area contributed by atoms with Crippen LogP contribution in [0.1, 0.15) is 46.0 Å². The minimum atomic E-state index is -0.0522. The Kier molecular flexibility index (Phi) is 5.58. The van der Waals surface area contributed by atoms with Crippen molar-refractivity contribution in [2.45, 2.75) is 46.0 Å². The van der Waals surface area contributed by atoms with Gasteiger partial charge in [0.1, 0.15) is 0 Å². The van der Waals surface area contributed by atoms with Crippen molar-refractivity contribution in [2.24, 2.45) is 17.8 Å². The monoisotopic (exact) mass is 224 g/mol. The molecule has 0 aliphatic heterocycles. The van der Waals surface area contributed by atoms with Gasteiger partial charge in [-0.2, -0.15) is 0 Å². The van der Waals surface area contributed by atoms with Gasteiger partial charge in [-0.15, -0.1) is 0 Å².